The maximum absolute atomic E-state index is 5.55. The second-order valence-electron chi connectivity index (χ2n) is 8.78. The van der Waals surface area contributed by atoms with Crippen molar-refractivity contribution in [1.29, 1.82) is 0 Å². The van der Waals surface area contributed by atoms with Gasteiger partial charge in [0, 0.05) is 75.1 Å². The van der Waals surface area contributed by atoms with E-state index in [0.717, 1.165) is 87.9 Å². The SMILES string of the molecule is COc1cc2nc(-c3ccc(N4CCNCC4)cc3)nc(NCCN3CCOCC3)c2cc1OC. The van der Waals surface area contributed by atoms with E-state index in [1.807, 2.05) is 12.1 Å². The van der Waals surface area contributed by atoms with E-state index in [1.54, 1.807) is 14.2 Å². The molecule has 0 unspecified atom stereocenters. The lowest BCUT2D eigenvalue weighted by Gasteiger charge is -2.29. The number of methoxy groups -OCH3 is 2. The quantitative estimate of drug-likeness (QED) is 0.507. The van der Waals surface area contributed by atoms with Crippen LogP contribution in [-0.4, -0.2) is 94.7 Å². The predicted molar refractivity (Wildman–Crippen MR) is 139 cm³/mol. The molecular formula is C26H34N6O3. The van der Waals surface area contributed by atoms with Crippen LogP contribution in [0.1, 0.15) is 0 Å². The summed E-state index contributed by atoms with van der Waals surface area (Å²) in [6.07, 6.45) is 0. The minimum atomic E-state index is 0.651. The van der Waals surface area contributed by atoms with Gasteiger partial charge >= 0.3 is 0 Å². The van der Waals surface area contributed by atoms with Gasteiger partial charge in [0.1, 0.15) is 5.82 Å². The van der Waals surface area contributed by atoms with Crippen LogP contribution >= 0.6 is 0 Å². The summed E-state index contributed by atoms with van der Waals surface area (Å²) in [5, 5.41) is 7.86. The highest BCUT2D eigenvalue weighted by atomic mass is 16.5. The summed E-state index contributed by atoms with van der Waals surface area (Å²) in [5.41, 5.74) is 3.02. The fourth-order valence-electron chi connectivity index (χ4n) is 4.62. The van der Waals surface area contributed by atoms with Crippen molar-refractivity contribution < 1.29 is 14.2 Å². The Labute approximate surface area is 206 Å². The van der Waals surface area contributed by atoms with E-state index < -0.39 is 0 Å². The summed E-state index contributed by atoms with van der Waals surface area (Å²) in [6.45, 7) is 9.28. The van der Waals surface area contributed by atoms with Gasteiger partial charge in [0.2, 0.25) is 0 Å². The van der Waals surface area contributed by atoms with Crippen LogP contribution in [0.5, 0.6) is 11.5 Å². The Morgan fingerprint density at radius 1 is 0.943 bits per heavy atom. The van der Waals surface area contributed by atoms with E-state index in [9.17, 15) is 0 Å². The lowest BCUT2D eigenvalue weighted by atomic mass is 10.1. The van der Waals surface area contributed by atoms with Gasteiger partial charge in [-0.05, 0) is 30.3 Å². The Morgan fingerprint density at radius 3 is 2.37 bits per heavy atom. The van der Waals surface area contributed by atoms with Crippen LogP contribution in [0, 0.1) is 0 Å². The van der Waals surface area contributed by atoms with E-state index in [1.165, 1.54) is 5.69 Å². The third kappa shape index (κ3) is 5.42. The highest BCUT2D eigenvalue weighted by molar-refractivity contribution is 5.93. The number of morpholine rings is 1. The zero-order chi connectivity index (χ0) is 24.0. The Hall–Kier alpha value is -3.14. The first-order valence-electron chi connectivity index (χ1n) is 12.3. The van der Waals surface area contributed by atoms with Crippen LogP contribution < -0.4 is 25.0 Å². The molecule has 2 fully saturated rings. The predicted octanol–water partition coefficient (Wildman–Crippen LogP) is 2.47. The van der Waals surface area contributed by atoms with Gasteiger partial charge in [-0.15, -0.1) is 0 Å². The highest BCUT2D eigenvalue weighted by Crippen LogP contribution is 2.35. The number of hydrogen-bond acceptors (Lipinski definition) is 9. The number of fused-ring (bicyclic) bond motifs is 1. The minimum Gasteiger partial charge on any atom is -0.493 e. The van der Waals surface area contributed by atoms with Crippen LogP contribution in [0.25, 0.3) is 22.3 Å². The van der Waals surface area contributed by atoms with Gasteiger partial charge in [0.05, 0.1) is 33.0 Å². The second kappa shape index (κ2) is 11.1. The zero-order valence-corrected chi connectivity index (χ0v) is 20.5. The molecule has 0 spiro atoms. The van der Waals surface area contributed by atoms with Gasteiger partial charge in [-0.2, -0.15) is 0 Å². The van der Waals surface area contributed by atoms with Gasteiger partial charge in [0.25, 0.3) is 0 Å². The van der Waals surface area contributed by atoms with Crippen LogP contribution in [-0.2, 0) is 4.74 Å². The molecule has 2 aromatic carbocycles. The number of hydrogen-bond donors (Lipinski definition) is 2. The average Bonchev–Trinajstić information content (AvgIpc) is 2.93. The van der Waals surface area contributed by atoms with Crippen LogP contribution in [0.3, 0.4) is 0 Å². The molecule has 9 heteroatoms. The lowest BCUT2D eigenvalue weighted by molar-refractivity contribution is 0.0398. The summed E-state index contributed by atoms with van der Waals surface area (Å²) in [6, 6.07) is 12.4. The molecule has 0 aliphatic carbocycles. The molecule has 186 valence electrons. The molecule has 9 nitrogen and oxygen atoms in total. The molecule has 1 aromatic heterocycles. The second-order valence-corrected chi connectivity index (χ2v) is 8.78. The van der Waals surface area contributed by atoms with Crippen molar-refractivity contribution in [1.82, 2.24) is 20.2 Å². The maximum Gasteiger partial charge on any atom is 0.162 e. The van der Waals surface area contributed by atoms with E-state index in [0.29, 0.717) is 17.3 Å². The third-order valence-corrected chi connectivity index (χ3v) is 6.63. The first kappa shape index (κ1) is 23.6. The topological polar surface area (TPSA) is 84.0 Å². The smallest absolute Gasteiger partial charge is 0.162 e. The molecule has 2 aliphatic heterocycles. The van der Waals surface area contributed by atoms with Gasteiger partial charge in [-0.1, -0.05) is 0 Å². The van der Waals surface area contributed by atoms with Crippen LogP contribution in [0.2, 0.25) is 0 Å². The lowest BCUT2D eigenvalue weighted by Crippen LogP contribution is -2.43. The largest absolute Gasteiger partial charge is 0.493 e. The molecule has 3 heterocycles. The van der Waals surface area contributed by atoms with Crippen LogP contribution in [0.15, 0.2) is 36.4 Å². The summed E-state index contributed by atoms with van der Waals surface area (Å²) in [5.74, 6) is 2.79. The number of ether oxygens (including phenoxy) is 3. The number of piperazine rings is 1. The van der Waals surface area contributed by atoms with Crippen LogP contribution in [0.4, 0.5) is 11.5 Å². The monoisotopic (exact) mass is 478 g/mol. The summed E-state index contributed by atoms with van der Waals surface area (Å²) in [7, 11) is 3.28. The first-order valence-corrected chi connectivity index (χ1v) is 12.3. The molecule has 0 atom stereocenters. The zero-order valence-electron chi connectivity index (χ0n) is 20.5. The minimum absolute atomic E-state index is 0.651. The van der Waals surface area contributed by atoms with Crippen molar-refractivity contribution in [2.75, 3.05) is 90.0 Å². The Bertz CT molecular complexity index is 1130. The van der Waals surface area contributed by atoms with Crippen molar-refractivity contribution in [3.05, 3.63) is 36.4 Å². The van der Waals surface area contributed by atoms with Crippen molar-refractivity contribution >= 4 is 22.4 Å². The maximum atomic E-state index is 5.55. The fraction of sp³-hybridized carbons (Fsp3) is 0.462. The Balaban J connectivity index is 1.44. The summed E-state index contributed by atoms with van der Waals surface area (Å²) in [4.78, 5) is 14.6. The molecule has 3 aromatic rings. The van der Waals surface area contributed by atoms with Gasteiger partial charge in [-0.25, -0.2) is 9.97 Å². The number of aromatic nitrogens is 2. The number of benzene rings is 2. The Kier molecular flexibility index (Phi) is 7.46. The molecule has 2 N–H and O–H groups in total. The van der Waals surface area contributed by atoms with E-state index in [4.69, 9.17) is 24.2 Å². The average molecular weight is 479 g/mol. The van der Waals surface area contributed by atoms with E-state index >= 15 is 0 Å². The van der Waals surface area contributed by atoms with Gasteiger partial charge in [-0.3, -0.25) is 4.90 Å². The summed E-state index contributed by atoms with van der Waals surface area (Å²) >= 11 is 0. The van der Waals surface area contributed by atoms with Crippen molar-refractivity contribution in [3.8, 4) is 22.9 Å². The number of anilines is 2. The molecule has 2 aliphatic rings. The number of nitrogens with one attached hydrogen (secondary N) is 2. The third-order valence-electron chi connectivity index (χ3n) is 6.63. The number of rotatable bonds is 8. The standard InChI is InChI=1S/C26H34N6O3/c1-33-23-17-21-22(18-24(23)34-2)29-25(30-26(21)28-9-10-31-13-15-35-16-14-31)19-3-5-20(6-4-19)32-11-7-27-8-12-32/h3-6,17-18,27H,7-16H2,1-2H3,(H,28,29,30). The normalized spacial score (nSPS) is 16.9. The molecule has 0 radical (unpaired) electrons. The molecule has 0 saturated carbocycles. The fourth-order valence-corrected chi connectivity index (χ4v) is 4.62. The van der Waals surface area contributed by atoms with Crippen molar-refractivity contribution in [2.45, 2.75) is 0 Å². The molecule has 2 saturated heterocycles. The Morgan fingerprint density at radius 2 is 1.66 bits per heavy atom. The molecule has 0 amide bonds. The van der Waals surface area contributed by atoms with Gasteiger partial charge < -0.3 is 29.7 Å². The van der Waals surface area contributed by atoms with Crippen molar-refractivity contribution in [3.63, 3.8) is 0 Å². The van der Waals surface area contributed by atoms with E-state index in [2.05, 4.69) is 44.7 Å². The summed E-state index contributed by atoms with van der Waals surface area (Å²) < 4.78 is 16.5. The highest BCUT2D eigenvalue weighted by Gasteiger charge is 2.16. The molecule has 35 heavy (non-hydrogen) atoms. The molecule has 5 rings (SSSR count). The van der Waals surface area contributed by atoms with Crippen molar-refractivity contribution in [2.24, 2.45) is 0 Å². The molecule has 0 bridgehead atoms. The van der Waals surface area contributed by atoms with E-state index in [-0.39, 0.29) is 0 Å². The molecular weight excluding hydrogens is 444 g/mol. The van der Waals surface area contributed by atoms with Gasteiger partial charge in [0.15, 0.2) is 17.3 Å². The first-order chi connectivity index (χ1) is 17.2. The number of nitrogens with zero attached hydrogens (tertiary/aromatic N) is 4.